The summed E-state index contributed by atoms with van der Waals surface area (Å²) in [4.78, 5) is 12.9. The third kappa shape index (κ3) is 2.66. The molecule has 0 heterocycles. The summed E-state index contributed by atoms with van der Waals surface area (Å²) in [6.45, 7) is 19.2. The van der Waals surface area contributed by atoms with Crippen molar-refractivity contribution in [2.45, 2.75) is 125 Å². The Hall–Kier alpha value is -0.370. The average molecular weight is 443 g/mol. The zero-order valence-corrected chi connectivity index (χ0v) is 22.3. The number of carbonyl (C=O) groups excluding carboxylic acids is 1. The van der Waals surface area contributed by atoms with Crippen molar-refractivity contribution in [1.29, 1.82) is 0 Å². The normalized spacial score (nSPS) is 54.9. The molecule has 0 radical (unpaired) electrons. The largest absolute Gasteiger partial charge is 0.390 e. The minimum absolute atomic E-state index is 0.152. The minimum Gasteiger partial charge on any atom is -0.390 e. The van der Waals surface area contributed by atoms with Crippen LogP contribution in [0.3, 0.4) is 0 Å². The molecule has 5 aliphatic rings. The van der Waals surface area contributed by atoms with E-state index < -0.39 is 5.60 Å². The molecule has 0 aromatic heterocycles. The Morgan fingerprint density at radius 1 is 0.719 bits per heavy atom. The molecule has 0 saturated heterocycles. The van der Waals surface area contributed by atoms with E-state index in [0.29, 0.717) is 45.2 Å². The second-order valence-corrected chi connectivity index (χ2v) is 15.2. The Bertz CT molecular complexity index is 806. The molecule has 0 aromatic carbocycles. The van der Waals surface area contributed by atoms with E-state index in [4.69, 9.17) is 0 Å². The van der Waals surface area contributed by atoms with Gasteiger partial charge in [0.2, 0.25) is 0 Å². The fourth-order valence-corrected chi connectivity index (χ4v) is 11.8. The molecule has 5 fully saturated rings. The van der Waals surface area contributed by atoms with Gasteiger partial charge in [-0.3, -0.25) is 4.79 Å². The Morgan fingerprint density at radius 2 is 1.28 bits per heavy atom. The molecular weight excluding hydrogens is 392 g/mol. The minimum atomic E-state index is -0.553. The number of hydrogen-bond acceptors (Lipinski definition) is 2. The Balaban J connectivity index is 1.52. The lowest BCUT2D eigenvalue weighted by Gasteiger charge is -2.73. The zero-order valence-electron chi connectivity index (χ0n) is 22.3. The Kier molecular flexibility index (Phi) is 4.85. The van der Waals surface area contributed by atoms with E-state index in [0.717, 1.165) is 24.7 Å². The van der Waals surface area contributed by atoms with E-state index in [-0.39, 0.29) is 5.41 Å². The highest BCUT2D eigenvalue weighted by atomic mass is 16.3. The van der Waals surface area contributed by atoms with Gasteiger partial charge in [0.05, 0.1) is 5.60 Å². The van der Waals surface area contributed by atoms with Gasteiger partial charge in [-0.1, -0.05) is 41.5 Å². The summed E-state index contributed by atoms with van der Waals surface area (Å²) in [5.74, 6) is 3.72. The van der Waals surface area contributed by atoms with Gasteiger partial charge in [-0.25, -0.2) is 0 Å². The first-order valence-corrected chi connectivity index (χ1v) is 13.9. The lowest BCUT2D eigenvalue weighted by Crippen LogP contribution is -2.66. The van der Waals surface area contributed by atoms with Crippen molar-refractivity contribution in [2.75, 3.05) is 0 Å². The van der Waals surface area contributed by atoms with Crippen LogP contribution >= 0.6 is 0 Å². The first-order valence-electron chi connectivity index (χ1n) is 13.9. The molecule has 5 aliphatic carbocycles. The van der Waals surface area contributed by atoms with Crippen LogP contribution in [-0.4, -0.2) is 16.5 Å². The van der Waals surface area contributed by atoms with Gasteiger partial charge >= 0.3 is 0 Å². The fraction of sp³-hybridized carbons (Fsp3) is 0.967. The van der Waals surface area contributed by atoms with Crippen LogP contribution in [0.1, 0.15) is 120 Å². The van der Waals surface area contributed by atoms with Crippen LogP contribution in [0.15, 0.2) is 0 Å². The second kappa shape index (κ2) is 6.64. The summed E-state index contributed by atoms with van der Waals surface area (Å²) in [6.07, 6.45) is 12.3. The molecule has 0 aliphatic heterocycles. The third-order valence-electron chi connectivity index (χ3n) is 13.6. The predicted octanol–water partition coefficient (Wildman–Crippen LogP) is 7.43. The van der Waals surface area contributed by atoms with Crippen molar-refractivity contribution >= 4 is 5.78 Å². The zero-order chi connectivity index (χ0) is 23.5. The molecule has 2 nitrogen and oxygen atoms in total. The first kappa shape index (κ1) is 23.4. The molecule has 2 heteroatoms. The third-order valence-corrected chi connectivity index (χ3v) is 13.6. The lowest BCUT2D eigenvalue weighted by atomic mass is 9.32. The van der Waals surface area contributed by atoms with Crippen LogP contribution in [0.5, 0.6) is 0 Å². The summed E-state index contributed by atoms with van der Waals surface area (Å²) in [5, 5.41) is 11.0. The van der Waals surface area contributed by atoms with Crippen LogP contribution < -0.4 is 0 Å². The highest BCUT2D eigenvalue weighted by Crippen LogP contribution is 2.77. The van der Waals surface area contributed by atoms with Crippen molar-refractivity contribution in [3.8, 4) is 0 Å². The van der Waals surface area contributed by atoms with Gasteiger partial charge in [0, 0.05) is 11.8 Å². The van der Waals surface area contributed by atoms with E-state index in [1.807, 2.05) is 0 Å². The molecule has 5 rings (SSSR count). The van der Waals surface area contributed by atoms with E-state index in [9.17, 15) is 9.90 Å². The number of fused-ring (bicyclic) bond motifs is 7. The summed E-state index contributed by atoms with van der Waals surface area (Å²) in [5.41, 5.74) is 0.741. The molecule has 0 spiro atoms. The van der Waals surface area contributed by atoms with Crippen molar-refractivity contribution in [3.05, 3.63) is 0 Å². The van der Waals surface area contributed by atoms with Crippen molar-refractivity contribution in [2.24, 2.45) is 56.7 Å². The molecule has 32 heavy (non-hydrogen) atoms. The van der Waals surface area contributed by atoms with Gasteiger partial charge in [-0.2, -0.15) is 0 Å². The molecule has 0 unspecified atom stereocenters. The van der Waals surface area contributed by atoms with Gasteiger partial charge in [0.1, 0.15) is 5.78 Å². The monoisotopic (exact) mass is 442 g/mol. The van der Waals surface area contributed by atoms with E-state index in [2.05, 4.69) is 55.4 Å². The molecule has 5 saturated carbocycles. The number of aliphatic hydroxyl groups is 1. The van der Waals surface area contributed by atoms with Crippen LogP contribution in [0.4, 0.5) is 0 Å². The predicted molar refractivity (Wildman–Crippen MR) is 131 cm³/mol. The highest BCUT2D eigenvalue weighted by Gasteiger charge is 2.71. The van der Waals surface area contributed by atoms with E-state index >= 15 is 0 Å². The smallest absolute Gasteiger partial charge is 0.138 e. The van der Waals surface area contributed by atoms with Gasteiger partial charge in [-0.15, -0.1) is 0 Å². The van der Waals surface area contributed by atoms with Gasteiger partial charge < -0.3 is 5.11 Å². The van der Waals surface area contributed by atoms with Crippen LogP contribution in [0, 0.1) is 56.7 Å². The van der Waals surface area contributed by atoms with Crippen molar-refractivity contribution < 1.29 is 9.90 Å². The average Bonchev–Trinajstić information content (AvgIpc) is 3.03. The number of ketones is 1. The molecule has 1 N–H and O–H groups in total. The van der Waals surface area contributed by atoms with Crippen LogP contribution in [0.2, 0.25) is 0 Å². The topological polar surface area (TPSA) is 37.3 Å². The number of rotatable bonds is 1. The Morgan fingerprint density at radius 3 is 1.88 bits per heavy atom. The molecule has 0 amide bonds. The molecule has 182 valence electrons. The SMILES string of the molecule is CC(C)(O)[C@H]1CC[C@@]2(C)[C@H]1CC[C@]1(C)[C@H]2CC[C@@H]2[C@@]3(C)CCC(=O)C(C)(C)[C@@H]3CC[C@]21C. The van der Waals surface area contributed by atoms with Crippen molar-refractivity contribution in [1.82, 2.24) is 0 Å². The number of carbonyl (C=O) groups is 1. The number of Topliss-reactive ketones (excluding diaryl/α,β-unsaturated/α-hetero) is 1. The second-order valence-electron chi connectivity index (χ2n) is 15.2. The maximum Gasteiger partial charge on any atom is 0.138 e. The van der Waals surface area contributed by atoms with Gasteiger partial charge in [-0.05, 0) is 123 Å². The van der Waals surface area contributed by atoms with Crippen LogP contribution in [-0.2, 0) is 4.79 Å². The summed E-state index contributed by atoms with van der Waals surface area (Å²) < 4.78 is 0. The van der Waals surface area contributed by atoms with Crippen LogP contribution in [0.25, 0.3) is 0 Å². The van der Waals surface area contributed by atoms with Crippen molar-refractivity contribution in [3.63, 3.8) is 0 Å². The quantitative estimate of drug-likeness (QED) is 0.458. The van der Waals surface area contributed by atoms with Gasteiger partial charge in [0.15, 0.2) is 0 Å². The standard InChI is InChI=1S/C30H50O2/c1-25(2)21-13-18-30(8)23(28(21,6)16-14-24(25)31)10-9-22-27(5)15-11-19(26(3,4)32)20(27)12-17-29(22,30)7/h19-23,32H,9-18H2,1-8H3/t19-,20-,21-,22-,23+,27-,28-,29+,30+/m0/s1. The highest BCUT2D eigenvalue weighted by molar-refractivity contribution is 5.85. The molecule has 0 bridgehead atoms. The number of hydrogen-bond donors (Lipinski definition) is 1. The van der Waals surface area contributed by atoms with Gasteiger partial charge in [0.25, 0.3) is 0 Å². The summed E-state index contributed by atoms with van der Waals surface area (Å²) in [7, 11) is 0. The molecular formula is C30H50O2. The first-order chi connectivity index (χ1) is 14.6. The maximum atomic E-state index is 12.9. The summed E-state index contributed by atoms with van der Waals surface area (Å²) >= 11 is 0. The van der Waals surface area contributed by atoms with E-state index in [1.165, 1.54) is 51.4 Å². The maximum absolute atomic E-state index is 12.9. The Labute approximate surface area is 197 Å². The lowest BCUT2D eigenvalue weighted by molar-refractivity contribution is -0.240. The molecule has 0 aromatic rings. The summed E-state index contributed by atoms with van der Waals surface area (Å²) in [6, 6.07) is 0. The fourth-order valence-electron chi connectivity index (χ4n) is 11.8. The molecule has 9 atom stereocenters. The van der Waals surface area contributed by atoms with E-state index in [1.54, 1.807) is 0 Å².